The maximum atomic E-state index is 11.3. The molecule has 4 nitrogen and oxygen atoms in total. The van der Waals surface area contributed by atoms with Crippen LogP contribution in [-0.4, -0.2) is 22.9 Å². The van der Waals surface area contributed by atoms with Crippen molar-refractivity contribution < 1.29 is 9.53 Å². The van der Waals surface area contributed by atoms with E-state index in [9.17, 15) is 4.79 Å². The lowest BCUT2D eigenvalue weighted by Gasteiger charge is -2.06. The van der Waals surface area contributed by atoms with Crippen molar-refractivity contribution >= 4 is 5.97 Å². The second kappa shape index (κ2) is 6.57. The van der Waals surface area contributed by atoms with Gasteiger partial charge in [-0.15, -0.1) is 0 Å². The molecule has 0 aliphatic carbocycles. The molecule has 0 amide bonds. The lowest BCUT2D eigenvalue weighted by molar-refractivity contribution is -0.140. The molecule has 0 saturated heterocycles. The van der Waals surface area contributed by atoms with E-state index >= 15 is 0 Å². The Balaban J connectivity index is 2.14. The van der Waals surface area contributed by atoms with Crippen molar-refractivity contribution in [1.29, 1.82) is 0 Å². The maximum Gasteiger partial charge on any atom is 0.305 e. The van der Waals surface area contributed by atoms with Gasteiger partial charge in [0, 0.05) is 12.1 Å². The van der Waals surface area contributed by atoms with E-state index in [1.807, 2.05) is 11.6 Å². The van der Waals surface area contributed by atoms with E-state index in [-0.39, 0.29) is 5.97 Å². The number of benzene rings is 1. The summed E-state index contributed by atoms with van der Waals surface area (Å²) in [6.45, 7) is 6.88. The number of aromatic nitrogens is 2. The zero-order valence-corrected chi connectivity index (χ0v) is 13.1. The molecule has 0 radical (unpaired) electrons. The van der Waals surface area contributed by atoms with Crippen LogP contribution in [0.1, 0.15) is 34.5 Å². The summed E-state index contributed by atoms with van der Waals surface area (Å²) in [4.78, 5) is 11.3. The number of aryl methyl sites for hydroxylation is 2. The van der Waals surface area contributed by atoms with Gasteiger partial charge in [0.1, 0.15) is 0 Å². The van der Waals surface area contributed by atoms with E-state index in [2.05, 4.69) is 43.2 Å². The van der Waals surface area contributed by atoms with Crippen molar-refractivity contribution in [2.24, 2.45) is 0 Å². The highest BCUT2D eigenvalue weighted by atomic mass is 16.5. The Kier molecular flexibility index (Phi) is 4.78. The molecule has 2 aromatic rings. The molecule has 112 valence electrons. The first-order valence-corrected chi connectivity index (χ1v) is 7.16. The van der Waals surface area contributed by atoms with Crippen LogP contribution in [0.15, 0.2) is 24.3 Å². The Morgan fingerprint density at radius 3 is 2.48 bits per heavy atom. The molecule has 0 aliphatic heterocycles. The van der Waals surface area contributed by atoms with Crippen LogP contribution < -0.4 is 0 Å². The summed E-state index contributed by atoms with van der Waals surface area (Å²) < 4.78 is 6.71. The van der Waals surface area contributed by atoms with Gasteiger partial charge in [-0.25, -0.2) is 0 Å². The number of methoxy groups -OCH3 is 1. The van der Waals surface area contributed by atoms with Gasteiger partial charge in [0.15, 0.2) is 0 Å². The number of hydrogen-bond donors (Lipinski definition) is 0. The van der Waals surface area contributed by atoms with Crippen molar-refractivity contribution in [1.82, 2.24) is 9.78 Å². The standard InChI is InChI=1S/C17H22N2O2/c1-12-5-7-15(8-6-12)11-19-14(3)16(13(2)18-19)9-10-17(20)21-4/h5-8H,9-11H2,1-4H3. The Morgan fingerprint density at radius 1 is 1.19 bits per heavy atom. The van der Waals surface area contributed by atoms with Crippen molar-refractivity contribution in [2.45, 2.75) is 40.2 Å². The van der Waals surface area contributed by atoms with E-state index < -0.39 is 0 Å². The fourth-order valence-corrected chi connectivity index (χ4v) is 2.45. The minimum Gasteiger partial charge on any atom is -0.469 e. The molecule has 4 heteroatoms. The molecule has 21 heavy (non-hydrogen) atoms. The quantitative estimate of drug-likeness (QED) is 0.794. The summed E-state index contributed by atoms with van der Waals surface area (Å²) in [6, 6.07) is 8.47. The summed E-state index contributed by atoms with van der Waals surface area (Å²) >= 11 is 0. The lowest BCUT2D eigenvalue weighted by Crippen LogP contribution is -2.05. The summed E-state index contributed by atoms with van der Waals surface area (Å²) in [6.07, 6.45) is 1.08. The first-order valence-electron chi connectivity index (χ1n) is 7.16. The first-order chi connectivity index (χ1) is 10.0. The Labute approximate surface area is 125 Å². The number of nitrogens with zero attached hydrogens (tertiary/aromatic N) is 2. The Hall–Kier alpha value is -2.10. The summed E-state index contributed by atoms with van der Waals surface area (Å²) in [7, 11) is 1.42. The number of ether oxygens (including phenoxy) is 1. The number of esters is 1. The molecule has 0 aliphatic rings. The molecule has 0 N–H and O–H groups in total. The maximum absolute atomic E-state index is 11.3. The molecule has 0 fully saturated rings. The third-order valence-corrected chi connectivity index (χ3v) is 3.79. The van der Waals surface area contributed by atoms with Crippen molar-refractivity contribution in [3.05, 3.63) is 52.3 Å². The van der Waals surface area contributed by atoms with Crippen LogP contribution in [0, 0.1) is 20.8 Å². The zero-order valence-electron chi connectivity index (χ0n) is 13.1. The molecule has 1 heterocycles. The molecular weight excluding hydrogens is 264 g/mol. The van der Waals surface area contributed by atoms with Crippen LogP contribution in [0.2, 0.25) is 0 Å². The van der Waals surface area contributed by atoms with Crippen LogP contribution in [0.5, 0.6) is 0 Å². The van der Waals surface area contributed by atoms with Crippen LogP contribution in [-0.2, 0) is 22.5 Å². The lowest BCUT2D eigenvalue weighted by atomic mass is 10.1. The van der Waals surface area contributed by atoms with Gasteiger partial charge in [-0.05, 0) is 38.3 Å². The summed E-state index contributed by atoms with van der Waals surface area (Å²) in [5.74, 6) is -0.180. The molecule has 2 rings (SSSR count). The van der Waals surface area contributed by atoms with Gasteiger partial charge < -0.3 is 4.74 Å². The molecule has 0 bridgehead atoms. The number of carbonyl (C=O) groups is 1. The Morgan fingerprint density at radius 2 is 1.86 bits per heavy atom. The zero-order chi connectivity index (χ0) is 15.4. The fraction of sp³-hybridized carbons (Fsp3) is 0.412. The Bertz CT molecular complexity index is 627. The average Bonchev–Trinajstić information content (AvgIpc) is 2.73. The van der Waals surface area contributed by atoms with E-state index in [1.54, 1.807) is 0 Å². The van der Waals surface area contributed by atoms with Gasteiger partial charge in [0.25, 0.3) is 0 Å². The monoisotopic (exact) mass is 286 g/mol. The average molecular weight is 286 g/mol. The molecule has 1 aromatic carbocycles. The van der Waals surface area contributed by atoms with Crippen LogP contribution in [0.3, 0.4) is 0 Å². The van der Waals surface area contributed by atoms with Gasteiger partial charge in [0.2, 0.25) is 0 Å². The minimum atomic E-state index is -0.180. The summed E-state index contributed by atoms with van der Waals surface area (Å²) in [5.41, 5.74) is 5.74. The van der Waals surface area contributed by atoms with Crippen LogP contribution >= 0.6 is 0 Å². The van der Waals surface area contributed by atoms with Gasteiger partial charge >= 0.3 is 5.97 Å². The minimum absolute atomic E-state index is 0.180. The van der Waals surface area contributed by atoms with Gasteiger partial charge in [0.05, 0.1) is 19.3 Å². The molecule has 1 aromatic heterocycles. The third kappa shape index (κ3) is 3.72. The smallest absolute Gasteiger partial charge is 0.305 e. The first kappa shape index (κ1) is 15.3. The summed E-state index contributed by atoms with van der Waals surface area (Å²) in [5, 5.41) is 4.60. The molecule has 0 atom stereocenters. The number of hydrogen-bond acceptors (Lipinski definition) is 3. The fourth-order valence-electron chi connectivity index (χ4n) is 2.45. The highest BCUT2D eigenvalue weighted by Crippen LogP contribution is 2.17. The van der Waals surface area contributed by atoms with Crippen molar-refractivity contribution in [2.75, 3.05) is 7.11 Å². The molecule has 0 saturated carbocycles. The largest absolute Gasteiger partial charge is 0.469 e. The van der Waals surface area contributed by atoms with Crippen molar-refractivity contribution in [3.63, 3.8) is 0 Å². The van der Waals surface area contributed by atoms with E-state index in [0.29, 0.717) is 12.8 Å². The highest BCUT2D eigenvalue weighted by molar-refractivity contribution is 5.69. The molecular formula is C17H22N2O2. The van der Waals surface area contributed by atoms with Gasteiger partial charge in [-0.3, -0.25) is 9.48 Å². The SMILES string of the molecule is COC(=O)CCc1c(C)nn(Cc2ccc(C)cc2)c1C. The van der Waals surface area contributed by atoms with Crippen LogP contribution in [0.25, 0.3) is 0 Å². The van der Waals surface area contributed by atoms with Gasteiger partial charge in [-0.1, -0.05) is 29.8 Å². The normalized spacial score (nSPS) is 10.7. The van der Waals surface area contributed by atoms with E-state index in [1.165, 1.54) is 18.2 Å². The highest BCUT2D eigenvalue weighted by Gasteiger charge is 2.13. The predicted octanol–water partition coefficient (Wildman–Crippen LogP) is 2.96. The number of carbonyl (C=O) groups excluding carboxylic acids is 1. The van der Waals surface area contributed by atoms with Crippen LogP contribution in [0.4, 0.5) is 0 Å². The molecule has 0 spiro atoms. The second-order valence-electron chi connectivity index (χ2n) is 5.37. The second-order valence-corrected chi connectivity index (χ2v) is 5.37. The van der Waals surface area contributed by atoms with Crippen molar-refractivity contribution in [3.8, 4) is 0 Å². The van der Waals surface area contributed by atoms with E-state index in [0.717, 1.165) is 23.5 Å². The predicted molar refractivity (Wildman–Crippen MR) is 82.3 cm³/mol. The number of rotatable bonds is 5. The molecule has 0 unspecified atom stereocenters. The van der Waals surface area contributed by atoms with E-state index in [4.69, 9.17) is 4.74 Å². The third-order valence-electron chi connectivity index (χ3n) is 3.79. The topological polar surface area (TPSA) is 44.1 Å². The van der Waals surface area contributed by atoms with Gasteiger partial charge in [-0.2, -0.15) is 5.10 Å².